The van der Waals surface area contributed by atoms with Gasteiger partial charge in [-0.2, -0.15) is 0 Å². The molecule has 2 aliphatic rings. The number of nitrogens with zero attached hydrogens (tertiary/aromatic N) is 3. The van der Waals surface area contributed by atoms with Crippen LogP contribution < -0.4 is 15.5 Å². The largest absolute Gasteiger partial charge is 0.357 e. The molecule has 1 fully saturated rings. The summed E-state index contributed by atoms with van der Waals surface area (Å²) in [5.74, 6) is 2.05. The summed E-state index contributed by atoms with van der Waals surface area (Å²) in [4.78, 5) is 11.5. The summed E-state index contributed by atoms with van der Waals surface area (Å²) in [5, 5.41) is 6.66. The monoisotopic (exact) mass is 273 g/mol. The van der Waals surface area contributed by atoms with E-state index >= 15 is 0 Å². The van der Waals surface area contributed by atoms with Crippen molar-refractivity contribution in [3.63, 3.8) is 0 Å². The third-order valence-electron chi connectivity index (χ3n) is 3.79. The van der Waals surface area contributed by atoms with Crippen LogP contribution in [0.2, 0.25) is 0 Å². The normalized spacial score (nSPS) is 18.6. The number of nitrogens with one attached hydrogen (secondary N) is 2. The lowest BCUT2D eigenvalue weighted by atomic mass is 10.2. The zero-order valence-electron chi connectivity index (χ0n) is 12.2. The second-order valence-corrected chi connectivity index (χ2v) is 5.53. The van der Waals surface area contributed by atoms with Gasteiger partial charge in [0.1, 0.15) is 5.82 Å². The van der Waals surface area contributed by atoms with Crippen LogP contribution in [-0.2, 0) is 6.54 Å². The van der Waals surface area contributed by atoms with Crippen molar-refractivity contribution in [2.45, 2.75) is 32.7 Å². The van der Waals surface area contributed by atoms with Crippen molar-refractivity contribution in [3.05, 3.63) is 23.4 Å². The lowest BCUT2D eigenvalue weighted by Crippen LogP contribution is -2.40. The fourth-order valence-electron chi connectivity index (χ4n) is 2.77. The number of aryl methyl sites for hydroxylation is 1. The highest BCUT2D eigenvalue weighted by atomic mass is 15.2. The molecular formula is C15H23N5. The summed E-state index contributed by atoms with van der Waals surface area (Å²) in [6.07, 6.45) is 3.69. The van der Waals surface area contributed by atoms with Crippen LogP contribution in [0.15, 0.2) is 17.1 Å². The Kier molecular flexibility index (Phi) is 4.04. The molecule has 0 bridgehead atoms. The number of aliphatic imine (C=N–C) groups is 1. The van der Waals surface area contributed by atoms with Crippen molar-refractivity contribution < 1.29 is 0 Å². The lowest BCUT2D eigenvalue weighted by molar-refractivity contribution is 0.701. The van der Waals surface area contributed by atoms with E-state index < -0.39 is 0 Å². The van der Waals surface area contributed by atoms with Gasteiger partial charge in [-0.15, -0.1) is 0 Å². The Balaban J connectivity index is 1.67. The van der Waals surface area contributed by atoms with Crippen LogP contribution in [0.1, 0.15) is 30.5 Å². The van der Waals surface area contributed by atoms with Crippen molar-refractivity contribution in [3.8, 4) is 0 Å². The minimum Gasteiger partial charge on any atom is -0.357 e. The predicted octanol–water partition coefficient (Wildman–Crippen LogP) is 1.43. The quantitative estimate of drug-likeness (QED) is 0.875. The average Bonchev–Trinajstić information content (AvgIpc) is 3.00. The zero-order valence-corrected chi connectivity index (χ0v) is 12.2. The summed E-state index contributed by atoms with van der Waals surface area (Å²) in [6.45, 7) is 7.08. The van der Waals surface area contributed by atoms with Crippen molar-refractivity contribution in [1.82, 2.24) is 15.6 Å². The van der Waals surface area contributed by atoms with Crippen LogP contribution in [0.3, 0.4) is 0 Å². The Bertz CT molecular complexity index is 491. The van der Waals surface area contributed by atoms with E-state index in [4.69, 9.17) is 0 Å². The summed E-state index contributed by atoms with van der Waals surface area (Å²) in [7, 11) is 0. The molecule has 3 heterocycles. The Hall–Kier alpha value is -1.78. The number of anilines is 1. The van der Waals surface area contributed by atoms with E-state index in [0.29, 0.717) is 0 Å². The van der Waals surface area contributed by atoms with Crippen molar-refractivity contribution in [2.24, 2.45) is 4.99 Å². The van der Waals surface area contributed by atoms with Gasteiger partial charge >= 0.3 is 0 Å². The molecule has 5 nitrogen and oxygen atoms in total. The van der Waals surface area contributed by atoms with Gasteiger partial charge in [-0.3, -0.25) is 4.99 Å². The number of aromatic nitrogens is 1. The van der Waals surface area contributed by atoms with Crippen molar-refractivity contribution >= 4 is 11.8 Å². The standard InChI is InChI=1S/C15H23N5/c1-12-9-13(11-18-15-16-5-4-6-17-15)10-14(19-12)20-7-2-3-8-20/h9-10H,2-8,11H2,1H3,(H2,16,17,18). The molecule has 1 saturated heterocycles. The Labute approximate surface area is 120 Å². The Morgan fingerprint density at radius 3 is 2.85 bits per heavy atom. The average molecular weight is 273 g/mol. The molecule has 5 heteroatoms. The van der Waals surface area contributed by atoms with Crippen LogP contribution in [-0.4, -0.2) is 37.1 Å². The fraction of sp³-hybridized carbons (Fsp3) is 0.600. The molecule has 0 spiro atoms. The van der Waals surface area contributed by atoms with E-state index in [1.165, 1.54) is 18.4 Å². The summed E-state index contributed by atoms with van der Waals surface area (Å²) in [6, 6.07) is 4.35. The van der Waals surface area contributed by atoms with Crippen LogP contribution in [0.5, 0.6) is 0 Å². The van der Waals surface area contributed by atoms with Crippen molar-refractivity contribution in [1.29, 1.82) is 0 Å². The van der Waals surface area contributed by atoms with Gasteiger partial charge < -0.3 is 15.5 Å². The van der Waals surface area contributed by atoms with Gasteiger partial charge in [0.15, 0.2) is 5.96 Å². The molecule has 20 heavy (non-hydrogen) atoms. The van der Waals surface area contributed by atoms with E-state index in [2.05, 4.69) is 44.6 Å². The van der Waals surface area contributed by atoms with Gasteiger partial charge in [0, 0.05) is 38.4 Å². The minimum absolute atomic E-state index is 0.802. The number of guanidine groups is 1. The number of rotatable bonds is 3. The van der Waals surface area contributed by atoms with E-state index in [1.54, 1.807) is 0 Å². The minimum atomic E-state index is 0.802. The van der Waals surface area contributed by atoms with E-state index in [0.717, 1.165) is 56.6 Å². The molecule has 0 amide bonds. The number of hydrogen-bond acceptors (Lipinski definition) is 5. The molecule has 0 saturated carbocycles. The van der Waals surface area contributed by atoms with Gasteiger partial charge in [0.05, 0.1) is 0 Å². The van der Waals surface area contributed by atoms with Gasteiger partial charge in [0.2, 0.25) is 0 Å². The molecule has 0 aromatic carbocycles. The maximum absolute atomic E-state index is 4.66. The maximum atomic E-state index is 4.66. The van der Waals surface area contributed by atoms with Crippen LogP contribution in [0, 0.1) is 6.92 Å². The summed E-state index contributed by atoms with van der Waals surface area (Å²) >= 11 is 0. The molecule has 1 aromatic rings. The van der Waals surface area contributed by atoms with E-state index in [-0.39, 0.29) is 0 Å². The molecular weight excluding hydrogens is 250 g/mol. The van der Waals surface area contributed by atoms with Gasteiger partial charge in [0.25, 0.3) is 0 Å². The third-order valence-corrected chi connectivity index (χ3v) is 3.79. The number of pyridine rings is 1. The molecule has 0 aliphatic carbocycles. The highest BCUT2D eigenvalue weighted by molar-refractivity contribution is 5.80. The summed E-state index contributed by atoms with van der Waals surface area (Å²) < 4.78 is 0. The van der Waals surface area contributed by atoms with Crippen molar-refractivity contribution in [2.75, 3.05) is 31.1 Å². The first-order valence-electron chi connectivity index (χ1n) is 7.56. The highest BCUT2D eigenvalue weighted by Gasteiger charge is 2.14. The first kappa shape index (κ1) is 13.2. The maximum Gasteiger partial charge on any atom is 0.191 e. The predicted molar refractivity (Wildman–Crippen MR) is 82.2 cm³/mol. The highest BCUT2D eigenvalue weighted by Crippen LogP contribution is 2.19. The van der Waals surface area contributed by atoms with E-state index in [9.17, 15) is 0 Å². The van der Waals surface area contributed by atoms with Gasteiger partial charge in [-0.1, -0.05) is 0 Å². The molecule has 1 aromatic heterocycles. The number of hydrogen-bond donors (Lipinski definition) is 2. The SMILES string of the molecule is Cc1cc(CNC2=NCCCN2)cc(N2CCCC2)n1. The summed E-state index contributed by atoms with van der Waals surface area (Å²) in [5.41, 5.74) is 2.36. The van der Waals surface area contributed by atoms with Crippen LogP contribution in [0.25, 0.3) is 0 Å². The fourth-order valence-corrected chi connectivity index (χ4v) is 2.77. The molecule has 2 aliphatic heterocycles. The molecule has 0 unspecified atom stereocenters. The third kappa shape index (κ3) is 3.21. The second kappa shape index (κ2) is 6.11. The zero-order chi connectivity index (χ0) is 13.8. The van der Waals surface area contributed by atoms with Crippen LogP contribution in [0.4, 0.5) is 5.82 Å². The molecule has 2 N–H and O–H groups in total. The van der Waals surface area contributed by atoms with Crippen LogP contribution >= 0.6 is 0 Å². The lowest BCUT2D eigenvalue weighted by Gasteiger charge is -2.19. The second-order valence-electron chi connectivity index (χ2n) is 5.53. The van der Waals surface area contributed by atoms with Gasteiger partial charge in [-0.05, 0) is 43.9 Å². The topological polar surface area (TPSA) is 52.6 Å². The first-order chi connectivity index (χ1) is 9.81. The molecule has 0 atom stereocenters. The smallest absolute Gasteiger partial charge is 0.191 e. The first-order valence-corrected chi connectivity index (χ1v) is 7.56. The Morgan fingerprint density at radius 1 is 1.25 bits per heavy atom. The van der Waals surface area contributed by atoms with E-state index in [1.807, 2.05) is 0 Å². The molecule has 108 valence electrons. The molecule has 0 radical (unpaired) electrons. The Morgan fingerprint density at radius 2 is 2.10 bits per heavy atom. The van der Waals surface area contributed by atoms with Gasteiger partial charge in [-0.25, -0.2) is 4.98 Å². The molecule has 3 rings (SSSR count).